The van der Waals surface area contributed by atoms with E-state index in [9.17, 15) is 9.90 Å². The number of aryl methyl sites for hydroxylation is 1. The average Bonchev–Trinajstić information content (AvgIpc) is 3.52. The highest BCUT2D eigenvalue weighted by atomic mass is 32.1. The number of ether oxygens (including phenoxy) is 1. The Balaban J connectivity index is 1.40. The largest absolute Gasteiger partial charge is 0.489 e. The van der Waals surface area contributed by atoms with Crippen molar-refractivity contribution < 1.29 is 14.6 Å². The van der Waals surface area contributed by atoms with Crippen LogP contribution in [0.1, 0.15) is 41.0 Å². The summed E-state index contributed by atoms with van der Waals surface area (Å²) < 4.78 is 11.8. The normalized spacial score (nSPS) is 12.9. The Labute approximate surface area is 195 Å². The van der Waals surface area contributed by atoms with Crippen LogP contribution in [-0.2, 0) is 13.0 Å². The molecule has 0 saturated carbocycles. The minimum absolute atomic E-state index is 0.182. The standard InChI is InChI=1S/C24H25N5O3S/c1-16(30)22(29-12-20(24(25)31)26-15-29)11-10-19-4-2-3-5-23(19)32-13-17-6-8-18(9-7-17)21-14-33-28-27-21/h2-9,12,14-16,22,30H,10-11,13H2,1H3,(H2,25,31)/t16-,22+/m0/s1. The first-order chi connectivity index (χ1) is 16.0. The zero-order chi connectivity index (χ0) is 23.2. The molecule has 4 aromatic rings. The summed E-state index contributed by atoms with van der Waals surface area (Å²) in [6, 6.07) is 15.7. The second-order valence-corrected chi connectivity index (χ2v) is 8.41. The highest BCUT2D eigenvalue weighted by Crippen LogP contribution is 2.26. The maximum absolute atomic E-state index is 11.4. The lowest BCUT2D eigenvalue weighted by Crippen LogP contribution is -2.21. The second-order valence-electron chi connectivity index (χ2n) is 7.80. The summed E-state index contributed by atoms with van der Waals surface area (Å²) in [7, 11) is 0. The van der Waals surface area contributed by atoms with Crippen LogP contribution in [0, 0.1) is 0 Å². The molecule has 33 heavy (non-hydrogen) atoms. The molecule has 2 atom stereocenters. The van der Waals surface area contributed by atoms with E-state index in [4.69, 9.17) is 10.5 Å². The summed E-state index contributed by atoms with van der Waals surface area (Å²) >= 11 is 1.33. The number of aliphatic hydroxyl groups is 1. The minimum Gasteiger partial charge on any atom is -0.489 e. The monoisotopic (exact) mass is 463 g/mol. The van der Waals surface area contributed by atoms with Gasteiger partial charge in [-0.1, -0.05) is 47.0 Å². The van der Waals surface area contributed by atoms with Gasteiger partial charge in [0.15, 0.2) is 0 Å². The number of amides is 1. The van der Waals surface area contributed by atoms with Gasteiger partial charge in [-0.25, -0.2) is 4.98 Å². The Kier molecular flexibility index (Phi) is 7.11. The zero-order valence-corrected chi connectivity index (χ0v) is 19.0. The molecule has 0 aliphatic carbocycles. The Morgan fingerprint density at radius 2 is 2.00 bits per heavy atom. The molecule has 170 valence electrons. The van der Waals surface area contributed by atoms with Crippen LogP contribution in [0.2, 0.25) is 0 Å². The topological polar surface area (TPSA) is 116 Å². The van der Waals surface area contributed by atoms with Crippen LogP contribution in [0.3, 0.4) is 0 Å². The van der Waals surface area contributed by atoms with E-state index in [0.717, 1.165) is 28.1 Å². The molecule has 2 heterocycles. The van der Waals surface area contributed by atoms with Gasteiger partial charge in [-0.2, -0.15) is 0 Å². The predicted molar refractivity (Wildman–Crippen MR) is 126 cm³/mol. The van der Waals surface area contributed by atoms with Crippen LogP contribution in [0.4, 0.5) is 0 Å². The molecule has 0 radical (unpaired) electrons. The molecule has 2 aromatic heterocycles. The maximum atomic E-state index is 11.4. The van der Waals surface area contributed by atoms with Crippen molar-refractivity contribution >= 4 is 17.4 Å². The molecule has 0 unspecified atom stereocenters. The first-order valence-corrected chi connectivity index (χ1v) is 11.4. The second kappa shape index (κ2) is 10.4. The lowest BCUT2D eigenvalue weighted by atomic mass is 10.0. The van der Waals surface area contributed by atoms with Crippen molar-refractivity contribution in [2.24, 2.45) is 5.73 Å². The van der Waals surface area contributed by atoms with E-state index in [-0.39, 0.29) is 11.7 Å². The number of hydrogen-bond donors (Lipinski definition) is 2. The third-order valence-corrected chi connectivity index (χ3v) is 5.98. The Morgan fingerprint density at radius 1 is 1.21 bits per heavy atom. The zero-order valence-electron chi connectivity index (χ0n) is 18.2. The molecule has 2 aromatic carbocycles. The smallest absolute Gasteiger partial charge is 0.268 e. The fraction of sp³-hybridized carbons (Fsp3) is 0.250. The Morgan fingerprint density at radius 3 is 2.67 bits per heavy atom. The molecule has 0 bridgehead atoms. The molecule has 3 N–H and O–H groups in total. The van der Waals surface area contributed by atoms with E-state index in [1.54, 1.807) is 17.7 Å². The number of carbonyl (C=O) groups excluding carboxylic acids is 1. The van der Waals surface area contributed by atoms with Crippen molar-refractivity contribution in [3.05, 3.63) is 83.3 Å². The number of carbonyl (C=O) groups is 1. The third kappa shape index (κ3) is 5.63. The molecule has 0 saturated heterocycles. The number of nitrogens with zero attached hydrogens (tertiary/aromatic N) is 4. The average molecular weight is 464 g/mol. The molecule has 4 rings (SSSR count). The van der Waals surface area contributed by atoms with Gasteiger partial charge in [-0.3, -0.25) is 4.79 Å². The van der Waals surface area contributed by atoms with E-state index in [0.29, 0.717) is 19.4 Å². The van der Waals surface area contributed by atoms with Crippen molar-refractivity contribution in [2.45, 2.75) is 38.5 Å². The van der Waals surface area contributed by atoms with Gasteiger partial charge in [0.2, 0.25) is 0 Å². The lowest BCUT2D eigenvalue weighted by molar-refractivity contribution is 0.0994. The van der Waals surface area contributed by atoms with Crippen LogP contribution in [0.15, 0.2) is 66.4 Å². The highest BCUT2D eigenvalue weighted by molar-refractivity contribution is 7.03. The van der Waals surface area contributed by atoms with E-state index < -0.39 is 12.0 Å². The van der Waals surface area contributed by atoms with Gasteiger partial charge in [0.05, 0.1) is 18.5 Å². The number of aromatic nitrogens is 4. The summed E-state index contributed by atoms with van der Waals surface area (Å²) in [6.07, 6.45) is 3.81. The predicted octanol–water partition coefficient (Wildman–Crippen LogP) is 3.63. The van der Waals surface area contributed by atoms with Gasteiger partial charge in [0.25, 0.3) is 5.91 Å². The van der Waals surface area contributed by atoms with Gasteiger partial charge in [-0.05, 0) is 48.5 Å². The summed E-state index contributed by atoms with van der Waals surface area (Å²) in [5.74, 6) is 0.214. The van der Waals surface area contributed by atoms with E-state index in [1.165, 1.54) is 17.9 Å². The van der Waals surface area contributed by atoms with E-state index in [1.807, 2.05) is 53.9 Å². The van der Waals surface area contributed by atoms with Gasteiger partial charge < -0.3 is 20.1 Å². The van der Waals surface area contributed by atoms with E-state index >= 15 is 0 Å². The molecule has 0 fully saturated rings. The fourth-order valence-electron chi connectivity index (χ4n) is 3.66. The van der Waals surface area contributed by atoms with Crippen LogP contribution in [-0.4, -0.2) is 36.3 Å². The summed E-state index contributed by atoms with van der Waals surface area (Å²) in [6.45, 7) is 2.16. The van der Waals surface area contributed by atoms with Crippen LogP contribution in [0.25, 0.3) is 11.3 Å². The first kappa shape index (κ1) is 22.6. The number of nitrogens with two attached hydrogens (primary N) is 1. The fourth-order valence-corrected chi connectivity index (χ4v) is 4.13. The summed E-state index contributed by atoms with van der Waals surface area (Å²) in [4.78, 5) is 15.4. The maximum Gasteiger partial charge on any atom is 0.268 e. The van der Waals surface area contributed by atoms with Crippen LogP contribution < -0.4 is 10.5 Å². The molecule has 9 heteroatoms. The van der Waals surface area contributed by atoms with Gasteiger partial charge in [-0.15, -0.1) is 5.10 Å². The van der Waals surface area contributed by atoms with Crippen molar-refractivity contribution in [3.63, 3.8) is 0 Å². The molecule has 8 nitrogen and oxygen atoms in total. The highest BCUT2D eigenvalue weighted by Gasteiger charge is 2.19. The van der Waals surface area contributed by atoms with E-state index in [2.05, 4.69) is 14.6 Å². The third-order valence-electron chi connectivity index (χ3n) is 5.48. The van der Waals surface area contributed by atoms with Crippen molar-refractivity contribution in [3.8, 4) is 17.0 Å². The number of rotatable bonds is 10. The number of hydrogen-bond acceptors (Lipinski definition) is 7. The Bertz CT molecular complexity index is 1190. The van der Waals surface area contributed by atoms with Crippen LogP contribution >= 0.6 is 11.5 Å². The van der Waals surface area contributed by atoms with Gasteiger partial charge in [0, 0.05) is 17.1 Å². The molecule has 1 amide bonds. The molecule has 0 spiro atoms. The number of primary amides is 1. The molecular weight excluding hydrogens is 438 g/mol. The number of benzene rings is 2. The SMILES string of the molecule is C[C@H](O)[C@@H](CCc1ccccc1OCc1ccc(-c2csnn2)cc1)n1cnc(C(N)=O)c1. The molecule has 0 aliphatic rings. The summed E-state index contributed by atoms with van der Waals surface area (Å²) in [5, 5.41) is 16.3. The number of para-hydroxylation sites is 1. The van der Waals surface area contributed by atoms with Crippen LogP contribution in [0.5, 0.6) is 5.75 Å². The van der Waals surface area contributed by atoms with Gasteiger partial charge in [0.1, 0.15) is 23.7 Å². The summed E-state index contributed by atoms with van der Waals surface area (Å²) in [5.41, 5.74) is 9.47. The minimum atomic E-state index is -0.626. The van der Waals surface area contributed by atoms with Crippen molar-refractivity contribution in [2.75, 3.05) is 0 Å². The number of imidazole rings is 1. The quantitative estimate of drug-likeness (QED) is 0.371. The van der Waals surface area contributed by atoms with Gasteiger partial charge >= 0.3 is 0 Å². The van der Waals surface area contributed by atoms with Crippen molar-refractivity contribution in [1.82, 2.24) is 19.1 Å². The van der Waals surface area contributed by atoms with Crippen molar-refractivity contribution in [1.29, 1.82) is 0 Å². The Hall–Kier alpha value is -3.56. The lowest BCUT2D eigenvalue weighted by Gasteiger charge is -2.22. The first-order valence-electron chi connectivity index (χ1n) is 10.6. The molecule has 0 aliphatic heterocycles. The number of aliphatic hydroxyl groups excluding tert-OH is 1. The molecular formula is C24H25N5O3S.